The number of aromatic nitrogens is 1. The molecule has 0 radical (unpaired) electrons. The van der Waals surface area contributed by atoms with Crippen molar-refractivity contribution in [2.45, 2.75) is 26.8 Å². The van der Waals surface area contributed by atoms with Crippen molar-refractivity contribution < 1.29 is 14.6 Å². The first kappa shape index (κ1) is 18.3. The van der Waals surface area contributed by atoms with Crippen LogP contribution in [0.1, 0.15) is 20.3 Å². The molecule has 2 aromatic rings. The number of urea groups is 1. The van der Waals surface area contributed by atoms with Crippen LogP contribution in [0.5, 0.6) is 0 Å². The Morgan fingerprint density at radius 3 is 2.88 bits per heavy atom. The van der Waals surface area contributed by atoms with E-state index in [0.717, 1.165) is 17.6 Å². The van der Waals surface area contributed by atoms with Crippen LogP contribution in [0.15, 0.2) is 30.5 Å². The molecule has 0 saturated heterocycles. The predicted octanol–water partition coefficient (Wildman–Crippen LogP) is 2.82. The van der Waals surface area contributed by atoms with Gasteiger partial charge in [0, 0.05) is 42.5 Å². The Labute approximate surface area is 142 Å². The lowest BCUT2D eigenvalue weighted by Gasteiger charge is -2.10. The Morgan fingerprint density at radius 1 is 1.29 bits per heavy atom. The van der Waals surface area contributed by atoms with Crippen molar-refractivity contribution in [2.75, 3.05) is 31.7 Å². The fourth-order valence-corrected chi connectivity index (χ4v) is 2.55. The molecule has 6 nitrogen and oxygen atoms in total. The van der Waals surface area contributed by atoms with Gasteiger partial charge in [-0.1, -0.05) is 13.8 Å². The van der Waals surface area contributed by atoms with Crippen LogP contribution in [0.3, 0.4) is 0 Å². The molecule has 132 valence electrons. The van der Waals surface area contributed by atoms with Gasteiger partial charge in [-0.05, 0) is 36.6 Å². The lowest BCUT2D eigenvalue weighted by atomic mass is 10.2. The van der Waals surface area contributed by atoms with Crippen molar-refractivity contribution in [3.8, 4) is 0 Å². The van der Waals surface area contributed by atoms with E-state index < -0.39 is 0 Å². The molecule has 3 N–H and O–H groups in total. The number of carbonyl (C=O) groups excluding carboxylic acids is 1. The summed E-state index contributed by atoms with van der Waals surface area (Å²) in [4.78, 5) is 11.9. The molecule has 2 amide bonds. The number of nitrogens with zero attached hydrogens (tertiary/aromatic N) is 1. The summed E-state index contributed by atoms with van der Waals surface area (Å²) in [6.07, 6.45) is 2.80. The first-order chi connectivity index (χ1) is 11.6. The van der Waals surface area contributed by atoms with Gasteiger partial charge in [-0.25, -0.2) is 4.79 Å². The summed E-state index contributed by atoms with van der Waals surface area (Å²) in [5, 5.41) is 15.3. The van der Waals surface area contributed by atoms with Gasteiger partial charge in [0.05, 0.1) is 13.2 Å². The van der Waals surface area contributed by atoms with Crippen LogP contribution >= 0.6 is 0 Å². The van der Waals surface area contributed by atoms with Crippen molar-refractivity contribution in [3.63, 3.8) is 0 Å². The molecule has 24 heavy (non-hydrogen) atoms. The zero-order valence-electron chi connectivity index (χ0n) is 14.4. The van der Waals surface area contributed by atoms with Gasteiger partial charge in [0.2, 0.25) is 0 Å². The quantitative estimate of drug-likeness (QED) is 0.618. The lowest BCUT2D eigenvalue weighted by Crippen LogP contribution is -2.30. The summed E-state index contributed by atoms with van der Waals surface area (Å²) >= 11 is 0. The molecule has 2 rings (SSSR count). The monoisotopic (exact) mass is 333 g/mol. The number of nitrogens with one attached hydrogen (secondary N) is 2. The zero-order valence-corrected chi connectivity index (χ0v) is 14.4. The Hall–Kier alpha value is -2.05. The first-order valence-electron chi connectivity index (χ1n) is 8.42. The number of benzene rings is 1. The molecule has 0 aliphatic rings. The molecule has 1 heterocycles. The normalized spacial score (nSPS) is 11.2. The van der Waals surface area contributed by atoms with Gasteiger partial charge in [-0.2, -0.15) is 0 Å². The Morgan fingerprint density at radius 2 is 2.12 bits per heavy atom. The van der Waals surface area contributed by atoms with E-state index >= 15 is 0 Å². The number of rotatable bonds is 9. The zero-order chi connectivity index (χ0) is 17.4. The lowest BCUT2D eigenvalue weighted by molar-refractivity contribution is 0.0910. The second-order valence-corrected chi connectivity index (χ2v) is 6.21. The van der Waals surface area contributed by atoms with E-state index in [2.05, 4.69) is 41.3 Å². The summed E-state index contributed by atoms with van der Waals surface area (Å²) in [5.74, 6) is 0.588. The molecule has 6 heteroatoms. The first-order valence-corrected chi connectivity index (χ1v) is 8.42. The number of anilines is 1. The average molecular weight is 333 g/mol. The summed E-state index contributed by atoms with van der Waals surface area (Å²) in [7, 11) is 0. The molecular formula is C18H27N3O3. The van der Waals surface area contributed by atoms with Gasteiger partial charge < -0.3 is 25.0 Å². The van der Waals surface area contributed by atoms with Crippen LogP contribution in [0, 0.1) is 5.92 Å². The van der Waals surface area contributed by atoms with E-state index in [0.29, 0.717) is 32.1 Å². The topological polar surface area (TPSA) is 75.5 Å². The molecule has 0 spiro atoms. The number of fused-ring (bicyclic) bond motifs is 1. The third-order valence-electron chi connectivity index (χ3n) is 3.58. The minimum atomic E-state index is -0.224. The van der Waals surface area contributed by atoms with Crippen LogP contribution < -0.4 is 10.6 Å². The SMILES string of the molecule is CC(C)Cn1ccc2cc(NC(=O)NCCCOCCO)ccc21. The maximum Gasteiger partial charge on any atom is 0.319 e. The van der Waals surface area contributed by atoms with Gasteiger partial charge in [0.1, 0.15) is 0 Å². The second kappa shape index (κ2) is 9.30. The number of aliphatic hydroxyl groups excluding tert-OH is 1. The fourth-order valence-electron chi connectivity index (χ4n) is 2.55. The molecule has 0 unspecified atom stereocenters. The highest BCUT2D eigenvalue weighted by Gasteiger charge is 2.06. The van der Waals surface area contributed by atoms with E-state index in [1.54, 1.807) is 0 Å². The summed E-state index contributed by atoms with van der Waals surface area (Å²) in [6, 6.07) is 7.78. The van der Waals surface area contributed by atoms with Crippen LogP contribution in [-0.4, -0.2) is 42.1 Å². The van der Waals surface area contributed by atoms with Gasteiger partial charge >= 0.3 is 6.03 Å². The molecule has 0 aliphatic heterocycles. The highest BCUT2D eigenvalue weighted by atomic mass is 16.5. The van der Waals surface area contributed by atoms with Crippen LogP contribution in [-0.2, 0) is 11.3 Å². The molecule has 0 bridgehead atoms. The minimum absolute atomic E-state index is 0.0231. The largest absolute Gasteiger partial charge is 0.394 e. The number of hydrogen-bond acceptors (Lipinski definition) is 3. The smallest absolute Gasteiger partial charge is 0.319 e. The second-order valence-electron chi connectivity index (χ2n) is 6.21. The fraction of sp³-hybridized carbons (Fsp3) is 0.500. The highest BCUT2D eigenvalue weighted by Crippen LogP contribution is 2.21. The third-order valence-corrected chi connectivity index (χ3v) is 3.58. The van der Waals surface area contributed by atoms with Gasteiger partial charge in [-0.3, -0.25) is 0 Å². The maximum absolute atomic E-state index is 11.9. The summed E-state index contributed by atoms with van der Waals surface area (Å²) in [6.45, 7) is 6.79. The summed E-state index contributed by atoms with van der Waals surface area (Å²) in [5.41, 5.74) is 1.95. The van der Waals surface area contributed by atoms with E-state index in [-0.39, 0.29) is 12.6 Å². The molecule has 0 aliphatic carbocycles. The van der Waals surface area contributed by atoms with Gasteiger partial charge in [0.25, 0.3) is 0 Å². The molecular weight excluding hydrogens is 306 g/mol. The van der Waals surface area contributed by atoms with E-state index in [1.165, 1.54) is 5.52 Å². The van der Waals surface area contributed by atoms with Crippen LogP contribution in [0.2, 0.25) is 0 Å². The molecule has 0 fully saturated rings. The molecule has 1 aromatic carbocycles. The predicted molar refractivity (Wildman–Crippen MR) is 96.3 cm³/mol. The van der Waals surface area contributed by atoms with Gasteiger partial charge in [-0.15, -0.1) is 0 Å². The molecule has 0 atom stereocenters. The maximum atomic E-state index is 11.9. The summed E-state index contributed by atoms with van der Waals surface area (Å²) < 4.78 is 7.37. The Bertz CT molecular complexity index is 652. The van der Waals surface area contributed by atoms with Crippen LogP contribution in [0.4, 0.5) is 10.5 Å². The number of ether oxygens (including phenoxy) is 1. The number of amides is 2. The van der Waals surface area contributed by atoms with E-state index in [1.807, 2.05) is 18.2 Å². The third kappa shape index (κ3) is 5.54. The van der Waals surface area contributed by atoms with Crippen molar-refractivity contribution in [1.29, 1.82) is 0 Å². The Kier molecular flexibility index (Phi) is 7.08. The van der Waals surface area contributed by atoms with Crippen molar-refractivity contribution >= 4 is 22.6 Å². The minimum Gasteiger partial charge on any atom is -0.394 e. The van der Waals surface area contributed by atoms with Crippen LogP contribution in [0.25, 0.3) is 10.9 Å². The Balaban J connectivity index is 1.83. The average Bonchev–Trinajstić information content (AvgIpc) is 2.92. The number of carbonyl (C=O) groups is 1. The number of aliphatic hydroxyl groups is 1. The van der Waals surface area contributed by atoms with E-state index in [9.17, 15) is 4.79 Å². The van der Waals surface area contributed by atoms with Crippen molar-refractivity contribution in [2.24, 2.45) is 5.92 Å². The standard InChI is InChI=1S/C18H27N3O3/c1-14(2)13-21-8-6-15-12-16(4-5-17(15)21)20-18(23)19-7-3-10-24-11-9-22/h4-6,8,12,14,22H,3,7,9-11,13H2,1-2H3,(H2,19,20,23). The molecule has 0 saturated carbocycles. The highest BCUT2D eigenvalue weighted by molar-refractivity contribution is 5.92. The van der Waals surface area contributed by atoms with Gasteiger partial charge in [0.15, 0.2) is 0 Å². The van der Waals surface area contributed by atoms with Crippen molar-refractivity contribution in [1.82, 2.24) is 9.88 Å². The van der Waals surface area contributed by atoms with Crippen molar-refractivity contribution in [3.05, 3.63) is 30.5 Å². The number of hydrogen-bond donors (Lipinski definition) is 3. The van der Waals surface area contributed by atoms with E-state index in [4.69, 9.17) is 9.84 Å². The molecule has 1 aromatic heterocycles.